The molecule has 0 heterocycles. The fraction of sp³-hybridized carbons (Fsp3) is 0.333. The van der Waals surface area contributed by atoms with Crippen molar-refractivity contribution in [1.29, 1.82) is 0 Å². The van der Waals surface area contributed by atoms with Gasteiger partial charge in [-0.2, -0.15) is 0 Å². The van der Waals surface area contributed by atoms with Gasteiger partial charge < -0.3 is 4.74 Å². The Labute approximate surface area is 80.0 Å². The minimum Gasteiger partial charge on any atom is -0.497 e. The molecule has 0 aliphatic rings. The third kappa shape index (κ3) is 3.32. The van der Waals surface area contributed by atoms with Crippen molar-refractivity contribution in [2.45, 2.75) is 13.8 Å². The normalized spacial score (nSPS) is 11.1. The van der Waals surface area contributed by atoms with Crippen molar-refractivity contribution < 1.29 is 4.74 Å². The van der Waals surface area contributed by atoms with Crippen LogP contribution in [0, 0.1) is 5.92 Å². The van der Waals surface area contributed by atoms with Gasteiger partial charge in [0.2, 0.25) is 0 Å². The highest BCUT2D eigenvalue weighted by Gasteiger charge is 1.90. The number of allylic oxidation sites excluding steroid dienone is 1. The summed E-state index contributed by atoms with van der Waals surface area (Å²) in [6.07, 6.45) is 4.31. The van der Waals surface area contributed by atoms with Crippen molar-refractivity contribution in [3.8, 4) is 5.75 Å². The molecular formula is C12H16O. The summed E-state index contributed by atoms with van der Waals surface area (Å²) in [7, 11) is 1.68. The van der Waals surface area contributed by atoms with Crippen molar-refractivity contribution in [2.24, 2.45) is 5.92 Å². The van der Waals surface area contributed by atoms with Gasteiger partial charge in [-0.25, -0.2) is 0 Å². The molecule has 0 aliphatic carbocycles. The summed E-state index contributed by atoms with van der Waals surface area (Å²) in [6, 6.07) is 8.05. The summed E-state index contributed by atoms with van der Waals surface area (Å²) in [5, 5.41) is 0. The number of methoxy groups -OCH3 is 1. The molecule has 0 fully saturated rings. The molecule has 0 amide bonds. The van der Waals surface area contributed by atoms with Gasteiger partial charge in [-0.15, -0.1) is 0 Å². The van der Waals surface area contributed by atoms with Gasteiger partial charge in [0.15, 0.2) is 0 Å². The van der Waals surface area contributed by atoms with Gasteiger partial charge >= 0.3 is 0 Å². The van der Waals surface area contributed by atoms with E-state index < -0.39 is 0 Å². The first kappa shape index (κ1) is 9.85. The molecule has 0 atom stereocenters. The monoisotopic (exact) mass is 176 g/mol. The Bertz CT molecular complexity index is 270. The molecule has 0 saturated heterocycles. The lowest BCUT2D eigenvalue weighted by molar-refractivity contribution is 0.415. The minimum absolute atomic E-state index is 0.599. The van der Waals surface area contributed by atoms with Gasteiger partial charge in [-0.3, -0.25) is 0 Å². The smallest absolute Gasteiger partial charge is 0.118 e. The molecule has 13 heavy (non-hydrogen) atoms. The fourth-order valence-electron chi connectivity index (χ4n) is 1.02. The Balaban J connectivity index is 2.69. The molecule has 1 heteroatoms. The Hall–Kier alpha value is -1.24. The summed E-state index contributed by atoms with van der Waals surface area (Å²) < 4.78 is 5.07. The highest BCUT2D eigenvalue weighted by atomic mass is 16.5. The molecule has 0 N–H and O–H groups in total. The molecule has 70 valence electrons. The molecule has 0 unspecified atom stereocenters. The summed E-state index contributed by atoms with van der Waals surface area (Å²) in [5.41, 5.74) is 1.22. The van der Waals surface area contributed by atoms with Crippen LogP contribution in [-0.2, 0) is 0 Å². The van der Waals surface area contributed by atoms with Gasteiger partial charge in [0, 0.05) is 0 Å². The topological polar surface area (TPSA) is 9.23 Å². The molecule has 0 saturated carbocycles. The maximum absolute atomic E-state index is 5.07. The molecule has 0 aromatic heterocycles. The van der Waals surface area contributed by atoms with E-state index in [1.165, 1.54) is 5.56 Å². The lowest BCUT2D eigenvalue weighted by atomic mass is 10.1. The van der Waals surface area contributed by atoms with Crippen LogP contribution in [0.4, 0.5) is 0 Å². The van der Waals surface area contributed by atoms with Crippen LogP contribution in [0.5, 0.6) is 5.75 Å². The second-order valence-electron chi connectivity index (χ2n) is 3.38. The SMILES string of the molecule is COc1ccc(/C=C/C(C)C)cc1. The molecule has 1 nitrogen and oxygen atoms in total. The maximum Gasteiger partial charge on any atom is 0.118 e. The Morgan fingerprint density at radius 1 is 1.15 bits per heavy atom. The third-order valence-electron chi connectivity index (χ3n) is 1.79. The molecule has 1 rings (SSSR count). The van der Waals surface area contributed by atoms with Crippen molar-refractivity contribution in [2.75, 3.05) is 7.11 Å². The van der Waals surface area contributed by atoms with Gasteiger partial charge in [-0.1, -0.05) is 38.1 Å². The van der Waals surface area contributed by atoms with E-state index in [1.54, 1.807) is 7.11 Å². The van der Waals surface area contributed by atoms with E-state index in [-0.39, 0.29) is 0 Å². The lowest BCUT2D eigenvalue weighted by Gasteiger charge is -1.99. The van der Waals surface area contributed by atoms with Crippen LogP contribution in [-0.4, -0.2) is 7.11 Å². The zero-order chi connectivity index (χ0) is 9.68. The third-order valence-corrected chi connectivity index (χ3v) is 1.79. The zero-order valence-electron chi connectivity index (χ0n) is 8.45. The molecule has 1 aromatic carbocycles. The largest absolute Gasteiger partial charge is 0.497 e. The lowest BCUT2D eigenvalue weighted by Crippen LogP contribution is -1.82. The highest BCUT2D eigenvalue weighted by Crippen LogP contribution is 2.12. The predicted octanol–water partition coefficient (Wildman–Crippen LogP) is 3.36. The first-order chi connectivity index (χ1) is 6.22. The first-order valence-corrected chi connectivity index (χ1v) is 4.54. The molecule has 0 spiro atoms. The van der Waals surface area contributed by atoms with Gasteiger partial charge in [0.25, 0.3) is 0 Å². The van der Waals surface area contributed by atoms with Gasteiger partial charge in [-0.05, 0) is 23.6 Å². The van der Waals surface area contributed by atoms with Gasteiger partial charge in [0.1, 0.15) is 5.75 Å². The summed E-state index contributed by atoms with van der Waals surface area (Å²) in [5.74, 6) is 1.50. The molecule has 0 radical (unpaired) electrons. The molecule has 0 aliphatic heterocycles. The number of hydrogen-bond donors (Lipinski definition) is 0. The van der Waals surface area contributed by atoms with Crippen molar-refractivity contribution in [3.05, 3.63) is 35.9 Å². The zero-order valence-corrected chi connectivity index (χ0v) is 8.45. The number of hydrogen-bond acceptors (Lipinski definition) is 1. The quantitative estimate of drug-likeness (QED) is 0.686. The number of ether oxygens (including phenoxy) is 1. The van der Waals surface area contributed by atoms with Crippen molar-refractivity contribution >= 4 is 6.08 Å². The Morgan fingerprint density at radius 2 is 1.77 bits per heavy atom. The standard InChI is InChI=1S/C12H16O/c1-10(2)4-5-11-6-8-12(13-3)9-7-11/h4-10H,1-3H3/b5-4+. The van der Waals surface area contributed by atoms with Crippen LogP contribution >= 0.6 is 0 Å². The summed E-state index contributed by atoms with van der Waals surface area (Å²) >= 11 is 0. The molecule has 0 bridgehead atoms. The average molecular weight is 176 g/mol. The predicted molar refractivity (Wildman–Crippen MR) is 56.9 cm³/mol. The average Bonchev–Trinajstić information content (AvgIpc) is 2.15. The second kappa shape index (κ2) is 4.70. The van der Waals surface area contributed by atoms with Crippen LogP contribution in [0.2, 0.25) is 0 Å². The van der Waals surface area contributed by atoms with E-state index in [2.05, 4.69) is 38.1 Å². The van der Waals surface area contributed by atoms with E-state index in [1.807, 2.05) is 12.1 Å². The minimum atomic E-state index is 0.599. The van der Waals surface area contributed by atoms with Crippen LogP contribution in [0.25, 0.3) is 6.08 Å². The number of rotatable bonds is 3. The molecule has 1 aromatic rings. The first-order valence-electron chi connectivity index (χ1n) is 4.54. The molecular weight excluding hydrogens is 160 g/mol. The van der Waals surface area contributed by atoms with Crippen molar-refractivity contribution in [1.82, 2.24) is 0 Å². The summed E-state index contributed by atoms with van der Waals surface area (Å²) in [6.45, 7) is 4.33. The van der Waals surface area contributed by atoms with Crippen LogP contribution in [0.3, 0.4) is 0 Å². The van der Waals surface area contributed by atoms with E-state index in [0.29, 0.717) is 5.92 Å². The van der Waals surface area contributed by atoms with Crippen LogP contribution < -0.4 is 4.74 Å². The van der Waals surface area contributed by atoms with E-state index in [0.717, 1.165) is 5.75 Å². The Morgan fingerprint density at radius 3 is 2.23 bits per heavy atom. The van der Waals surface area contributed by atoms with E-state index >= 15 is 0 Å². The van der Waals surface area contributed by atoms with E-state index in [9.17, 15) is 0 Å². The second-order valence-corrected chi connectivity index (χ2v) is 3.38. The fourth-order valence-corrected chi connectivity index (χ4v) is 1.02. The van der Waals surface area contributed by atoms with Crippen LogP contribution in [0.15, 0.2) is 30.3 Å². The number of benzene rings is 1. The highest BCUT2D eigenvalue weighted by molar-refractivity contribution is 5.50. The summed E-state index contributed by atoms with van der Waals surface area (Å²) in [4.78, 5) is 0. The van der Waals surface area contributed by atoms with Gasteiger partial charge in [0.05, 0.1) is 7.11 Å². The Kier molecular flexibility index (Phi) is 3.56. The van der Waals surface area contributed by atoms with Crippen molar-refractivity contribution in [3.63, 3.8) is 0 Å². The van der Waals surface area contributed by atoms with Crippen LogP contribution in [0.1, 0.15) is 19.4 Å². The van der Waals surface area contributed by atoms with E-state index in [4.69, 9.17) is 4.74 Å². The maximum atomic E-state index is 5.07.